The topological polar surface area (TPSA) is 66.1 Å². The summed E-state index contributed by atoms with van der Waals surface area (Å²) in [6, 6.07) is 15.0. The van der Waals surface area contributed by atoms with Crippen LogP contribution in [0, 0.1) is 11.3 Å². The average Bonchev–Trinajstić information content (AvgIpc) is 3.11. The number of phenolic OH excluding ortho intramolecular Hbond substituents is 1. The van der Waals surface area contributed by atoms with Gasteiger partial charge in [-0.1, -0.05) is 34.1 Å². The first kappa shape index (κ1) is 17.2. The summed E-state index contributed by atoms with van der Waals surface area (Å²) in [4.78, 5) is 4.57. The second-order valence-electron chi connectivity index (χ2n) is 5.15. The minimum absolute atomic E-state index is 0.0601. The standard InChI is InChI=1S/C19H13BrN2O2S/c1-24-18-9-12(2-7-17(18)23)8-14(10-21)19-22-16(11-25-19)13-3-5-15(20)6-4-13/h2-9,11,23H,1H3/b14-8-. The lowest BCUT2D eigenvalue weighted by molar-refractivity contribution is 0.373. The van der Waals surface area contributed by atoms with Crippen LogP contribution in [-0.4, -0.2) is 17.2 Å². The summed E-state index contributed by atoms with van der Waals surface area (Å²) in [5.41, 5.74) is 3.04. The zero-order chi connectivity index (χ0) is 17.8. The van der Waals surface area contributed by atoms with Crippen molar-refractivity contribution in [2.24, 2.45) is 0 Å². The molecule has 0 radical (unpaired) electrons. The molecule has 4 nitrogen and oxygen atoms in total. The number of ether oxygens (including phenoxy) is 1. The van der Waals surface area contributed by atoms with E-state index < -0.39 is 0 Å². The molecular formula is C19H13BrN2O2S. The molecule has 0 fully saturated rings. The first-order chi connectivity index (χ1) is 12.1. The molecule has 124 valence electrons. The Morgan fingerprint density at radius 2 is 2.04 bits per heavy atom. The maximum absolute atomic E-state index is 9.67. The molecule has 1 N–H and O–H groups in total. The van der Waals surface area contributed by atoms with E-state index in [1.807, 2.05) is 29.6 Å². The van der Waals surface area contributed by atoms with Crippen LogP contribution in [0.5, 0.6) is 11.5 Å². The van der Waals surface area contributed by atoms with E-state index in [9.17, 15) is 10.4 Å². The minimum atomic E-state index is 0.0601. The second kappa shape index (κ2) is 7.51. The number of phenols is 1. The van der Waals surface area contributed by atoms with Gasteiger partial charge in [0.05, 0.1) is 18.4 Å². The molecule has 0 aliphatic carbocycles. The van der Waals surface area contributed by atoms with Gasteiger partial charge in [-0.3, -0.25) is 0 Å². The summed E-state index contributed by atoms with van der Waals surface area (Å²) in [5, 5.41) is 21.7. The van der Waals surface area contributed by atoms with E-state index in [4.69, 9.17) is 4.74 Å². The van der Waals surface area contributed by atoms with Crippen molar-refractivity contribution in [3.8, 4) is 28.8 Å². The van der Waals surface area contributed by atoms with Gasteiger partial charge in [-0.05, 0) is 35.9 Å². The van der Waals surface area contributed by atoms with Gasteiger partial charge in [0, 0.05) is 15.4 Å². The number of rotatable bonds is 4. The fraction of sp³-hybridized carbons (Fsp3) is 0.0526. The molecule has 6 heteroatoms. The Morgan fingerprint density at radius 1 is 1.28 bits per heavy atom. The van der Waals surface area contributed by atoms with Crippen molar-refractivity contribution in [1.29, 1.82) is 5.26 Å². The number of benzene rings is 2. The maximum atomic E-state index is 9.67. The summed E-state index contributed by atoms with van der Waals surface area (Å²) in [6.45, 7) is 0. The van der Waals surface area contributed by atoms with Crippen molar-refractivity contribution in [2.45, 2.75) is 0 Å². The lowest BCUT2D eigenvalue weighted by Gasteiger charge is -2.04. The maximum Gasteiger partial charge on any atom is 0.161 e. The zero-order valence-corrected chi connectivity index (χ0v) is 15.6. The van der Waals surface area contributed by atoms with E-state index in [1.165, 1.54) is 24.5 Å². The fourth-order valence-corrected chi connectivity index (χ4v) is 3.30. The van der Waals surface area contributed by atoms with Crippen molar-refractivity contribution in [3.05, 3.63) is 62.9 Å². The largest absolute Gasteiger partial charge is 0.504 e. The second-order valence-corrected chi connectivity index (χ2v) is 6.92. The highest BCUT2D eigenvalue weighted by molar-refractivity contribution is 9.10. The number of hydrogen-bond acceptors (Lipinski definition) is 5. The number of halogens is 1. The molecule has 0 unspecified atom stereocenters. The summed E-state index contributed by atoms with van der Waals surface area (Å²) < 4.78 is 6.10. The first-order valence-corrected chi connectivity index (χ1v) is 8.98. The van der Waals surface area contributed by atoms with Gasteiger partial charge < -0.3 is 9.84 Å². The Bertz CT molecular complexity index is 972. The highest BCUT2D eigenvalue weighted by atomic mass is 79.9. The van der Waals surface area contributed by atoms with Crippen LogP contribution < -0.4 is 4.74 Å². The van der Waals surface area contributed by atoms with Gasteiger partial charge in [-0.2, -0.15) is 5.26 Å². The molecule has 0 saturated heterocycles. The van der Waals surface area contributed by atoms with E-state index in [2.05, 4.69) is 27.0 Å². The minimum Gasteiger partial charge on any atom is -0.504 e. The summed E-state index contributed by atoms with van der Waals surface area (Å²) >= 11 is 4.83. The van der Waals surface area contributed by atoms with Crippen molar-refractivity contribution in [1.82, 2.24) is 4.98 Å². The highest BCUT2D eigenvalue weighted by Crippen LogP contribution is 2.30. The number of nitriles is 1. The van der Waals surface area contributed by atoms with Crippen LogP contribution in [-0.2, 0) is 0 Å². The SMILES string of the molecule is COc1cc(/C=C(/C#N)c2nc(-c3ccc(Br)cc3)cs2)ccc1O. The Labute approximate surface area is 157 Å². The van der Waals surface area contributed by atoms with Crippen molar-refractivity contribution >= 4 is 38.9 Å². The summed E-state index contributed by atoms with van der Waals surface area (Å²) in [6.07, 6.45) is 1.73. The Kier molecular flexibility index (Phi) is 5.17. The van der Waals surface area contributed by atoms with Gasteiger partial charge in [-0.15, -0.1) is 11.3 Å². The number of aromatic nitrogens is 1. The third kappa shape index (κ3) is 3.90. The first-order valence-electron chi connectivity index (χ1n) is 7.31. The van der Waals surface area contributed by atoms with Crippen molar-refractivity contribution < 1.29 is 9.84 Å². The van der Waals surface area contributed by atoms with Crippen LogP contribution in [0.4, 0.5) is 0 Å². The fourth-order valence-electron chi connectivity index (χ4n) is 2.24. The monoisotopic (exact) mass is 412 g/mol. The van der Waals surface area contributed by atoms with Crippen LogP contribution in [0.1, 0.15) is 10.6 Å². The summed E-state index contributed by atoms with van der Waals surface area (Å²) in [5.74, 6) is 0.422. The number of nitrogens with zero attached hydrogens (tertiary/aromatic N) is 2. The lowest BCUT2D eigenvalue weighted by atomic mass is 10.1. The van der Waals surface area contributed by atoms with E-state index in [-0.39, 0.29) is 5.75 Å². The van der Waals surface area contributed by atoms with Crippen LogP contribution in [0.3, 0.4) is 0 Å². The van der Waals surface area contributed by atoms with Crippen LogP contribution in [0.2, 0.25) is 0 Å². The molecule has 0 aliphatic rings. The van der Waals surface area contributed by atoms with Gasteiger partial charge in [0.2, 0.25) is 0 Å². The lowest BCUT2D eigenvalue weighted by Crippen LogP contribution is -1.86. The van der Waals surface area contributed by atoms with Gasteiger partial charge in [-0.25, -0.2) is 4.98 Å². The molecule has 0 amide bonds. The molecule has 3 rings (SSSR count). The Morgan fingerprint density at radius 3 is 2.72 bits per heavy atom. The number of methoxy groups -OCH3 is 1. The number of aromatic hydroxyl groups is 1. The molecule has 0 aliphatic heterocycles. The van der Waals surface area contributed by atoms with E-state index in [0.29, 0.717) is 16.3 Å². The predicted molar refractivity (Wildman–Crippen MR) is 103 cm³/mol. The predicted octanol–water partition coefficient (Wildman–Crippen LogP) is 5.35. The molecule has 1 heterocycles. The van der Waals surface area contributed by atoms with E-state index in [1.54, 1.807) is 18.2 Å². The quantitative estimate of drug-likeness (QED) is 0.586. The molecule has 0 bridgehead atoms. The van der Waals surface area contributed by atoms with Gasteiger partial charge in [0.15, 0.2) is 11.5 Å². The zero-order valence-electron chi connectivity index (χ0n) is 13.2. The van der Waals surface area contributed by atoms with Gasteiger partial charge in [0.25, 0.3) is 0 Å². The average molecular weight is 413 g/mol. The van der Waals surface area contributed by atoms with E-state index in [0.717, 1.165) is 21.3 Å². The molecule has 25 heavy (non-hydrogen) atoms. The van der Waals surface area contributed by atoms with Gasteiger partial charge in [0.1, 0.15) is 11.1 Å². The number of allylic oxidation sites excluding steroid dienone is 1. The molecule has 1 aromatic heterocycles. The number of hydrogen-bond donors (Lipinski definition) is 1. The smallest absolute Gasteiger partial charge is 0.161 e. The Hall–Kier alpha value is -2.62. The third-order valence-electron chi connectivity index (χ3n) is 3.51. The van der Waals surface area contributed by atoms with E-state index >= 15 is 0 Å². The van der Waals surface area contributed by atoms with Gasteiger partial charge >= 0.3 is 0 Å². The molecule has 0 spiro atoms. The molecule has 2 aromatic carbocycles. The molecule has 0 saturated carbocycles. The third-order valence-corrected chi connectivity index (χ3v) is 4.91. The van der Waals surface area contributed by atoms with Crippen molar-refractivity contribution in [2.75, 3.05) is 7.11 Å². The molecular weight excluding hydrogens is 400 g/mol. The van der Waals surface area contributed by atoms with Crippen LogP contribution >= 0.6 is 27.3 Å². The van der Waals surface area contributed by atoms with Crippen molar-refractivity contribution in [3.63, 3.8) is 0 Å². The number of thiazole rings is 1. The summed E-state index contributed by atoms with van der Waals surface area (Å²) in [7, 11) is 1.49. The Balaban J connectivity index is 1.94. The normalized spacial score (nSPS) is 11.2. The van der Waals surface area contributed by atoms with Crippen LogP contribution in [0.25, 0.3) is 22.9 Å². The molecule has 0 atom stereocenters. The highest BCUT2D eigenvalue weighted by Gasteiger charge is 2.10. The molecule has 3 aromatic rings. The van der Waals surface area contributed by atoms with Crippen LogP contribution in [0.15, 0.2) is 52.3 Å².